The van der Waals surface area contributed by atoms with Crippen LogP contribution in [0.1, 0.15) is 42.6 Å². The van der Waals surface area contributed by atoms with Gasteiger partial charge in [0, 0.05) is 62.9 Å². The van der Waals surface area contributed by atoms with Crippen molar-refractivity contribution in [2.24, 2.45) is 0 Å². The van der Waals surface area contributed by atoms with Gasteiger partial charge < -0.3 is 4.90 Å². The Morgan fingerprint density at radius 3 is 2.29 bits per heavy atom. The van der Waals surface area contributed by atoms with Crippen LogP contribution in [-0.2, 0) is 0 Å². The number of pyridine rings is 1. The molecule has 0 spiro atoms. The molecule has 3 fully saturated rings. The van der Waals surface area contributed by atoms with Gasteiger partial charge in [-0.05, 0) is 24.3 Å². The number of fused-ring (bicyclic) bond motifs is 1. The Labute approximate surface area is 167 Å². The second kappa shape index (κ2) is 7.80. The minimum atomic E-state index is 0.0777. The van der Waals surface area contributed by atoms with E-state index in [0.717, 1.165) is 43.0 Å². The van der Waals surface area contributed by atoms with Crippen LogP contribution in [0.25, 0.3) is 10.8 Å². The summed E-state index contributed by atoms with van der Waals surface area (Å²) in [4.78, 5) is 24.6. The van der Waals surface area contributed by atoms with Gasteiger partial charge in [-0.25, -0.2) is 0 Å². The lowest BCUT2D eigenvalue weighted by Gasteiger charge is -2.49. The van der Waals surface area contributed by atoms with E-state index in [9.17, 15) is 4.79 Å². The van der Waals surface area contributed by atoms with Crippen LogP contribution in [0.2, 0.25) is 0 Å². The fraction of sp³-hybridized carbons (Fsp3) is 0.565. The average Bonchev–Trinajstić information content (AvgIpc) is 2.73. The highest BCUT2D eigenvalue weighted by Crippen LogP contribution is 2.26. The van der Waals surface area contributed by atoms with Crippen molar-refractivity contribution < 1.29 is 4.79 Å². The molecule has 1 aliphatic carbocycles. The van der Waals surface area contributed by atoms with Gasteiger partial charge in [-0.3, -0.25) is 19.6 Å². The predicted octanol–water partition coefficient (Wildman–Crippen LogP) is 3.01. The van der Waals surface area contributed by atoms with Crippen molar-refractivity contribution in [3.63, 3.8) is 0 Å². The van der Waals surface area contributed by atoms with E-state index in [1.54, 1.807) is 6.20 Å². The van der Waals surface area contributed by atoms with Gasteiger partial charge >= 0.3 is 0 Å². The molecule has 3 heterocycles. The average molecular weight is 379 g/mol. The number of benzene rings is 1. The van der Waals surface area contributed by atoms with Crippen LogP contribution in [0.4, 0.5) is 0 Å². The maximum Gasteiger partial charge on any atom is 0.273 e. The molecule has 0 unspecified atom stereocenters. The van der Waals surface area contributed by atoms with E-state index in [1.165, 1.54) is 45.2 Å². The highest BCUT2D eigenvalue weighted by molar-refractivity contribution is 6.05. The van der Waals surface area contributed by atoms with E-state index in [-0.39, 0.29) is 5.91 Å². The second-order valence-electron chi connectivity index (χ2n) is 8.61. The molecule has 3 aliphatic rings. The minimum absolute atomic E-state index is 0.0777. The quantitative estimate of drug-likeness (QED) is 0.823. The number of hydrogen-bond acceptors (Lipinski definition) is 4. The number of piperazine rings is 1. The van der Waals surface area contributed by atoms with Crippen LogP contribution in [0, 0.1) is 0 Å². The van der Waals surface area contributed by atoms with E-state index in [0.29, 0.717) is 11.7 Å². The molecule has 0 radical (unpaired) electrons. The zero-order valence-electron chi connectivity index (χ0n) is 16.6. The first-order chi connectivity index (χ1) is 13.8. The molecule has 0 atom stereocenters. The first-order valence-electron chi connectivity index (χ1n) is 10.9. The third kappa shape index (κ3) is 3.42. The Bertz CT molecular complexity index is 828. The summed E-state index contributed by atoms with van der Waals surface area (Å²) in [5.41, 5.74) is 0.596. The second-order valence-corrected chi connectivity index (χ2v) is 8.61. The number of hydrogen-bond donors (Lipinski definition) is 0. The molecule has 1 aromatic carbocycles. The number of rotatable bonds is 3. The lowest BCUT2D eigenvalue weighted by atomic mass is 9.93. The third-order valence-electron chi connectivity index (χ3n) is 6.98. The van der Waals surface area contributed by atoms with E-state index in [4.69, 9.17) is 0 Å². The topological polar surface area (TPSA) is 39.7 Å². The van der Waals surface area contributed by atoms with Crippen molar-refractivity contribution in [3.05, 3.63) is 42.2 Å². The van der Waals surface area contributed by atoms with Crippen LogP contribution in [0.3, 0.4) is 0 Å². The normalized spacial score (nSPS) is 23.1. The van der Waals surface area contributed by atoms with Gasteiger partial charge in [0.05, 0.1) is 0 Å². The number of carbonyl (C=O) groups is 1. The SMILES string of the molecule is O=C(c1nccc2ccccc12)N1CC(N2CCN(C3CCCCC3)CC2)C1. The maximum absolute atomic E-state index is 13.0. The number of amides is 1. The minimum Gasteiger partial charge on any atom is -0.334 e. The van der Waals surface area contributed by atoms with Crippen LogP contribution in [0.15, 0.2) is 36.5 Å². The summed E-state index contributed by atoms with van der Waals surface area (Å²) in [7, 11) is 0. The van der Waals surface area contributed by atoms with Crippen molar-refractivity contribution in [1.82, 2.24) is 19.7 Å². The maximum atomic E-state index is 13.0. The van der Waals surface area contributed by atoms with Crippen molar-refractivity contribution in [2.75, 3.05) is 39.3 Å². The Morgan fingerprint density at radius 1 is 0.857 bits per heavy atom. The zero-order chi connectivity index (χ0) is 18.9. The molecule has 28 heavy (non-hydrogen) atoms. The molecular formula is C23H30N4O. The smallest absolute Gasteiger partial charge is 0.273 e. The molecule has 5 nitrogen and oxygen atoms in total. The number of aromatic nitrogens is 1. The van der Waals surface area contributed by atoms with Crippen LogP contribution in [-0.4, -0.2) is 76.9 Å². The lowest BCUT2D eigenvalue weighted by Crippen LogP contribution is -2.64. The van der Waals surface area contributed by atoms with Gasteiger partial charge in [0.25, 0.3) is 5.91 Å². The van der Waals surface area contributed by atoms with Crippen LogP contribution < -0.4 is 0 Å². The largest absolute Gasteiger partial charge is 0.334 e. The fourth-order valence-electron chi connectivity index (χ4n) is 5.21. The molecule has 1 saturated carbocycles. The summed E-state index contributed by atoms with van der Waals surface area (Å²) >= 11 is 0. The first-order valence-corrected chi connectivity index (χ1v) is 10.9. The monoisotopic (exact) mass is 378 g/mol. The van der Waals surface area contributed by atoms with Crippen molar-refractivity contribution in [2.45, 2.75) is 44.2 Å². The van der Waals surface area contributed by atoms with E-state index in [2.05, 4.69) is 14.8 Å². The van der Waals surface area contributed by atoms with Crippen molar-refractivity contribution >= 4 is 16.7 Å². The third-order valence-corrected chi connectivity index (χ3v) is 6.98. The van der Waals surface area contributed by atoms with Gasteiger partial charge in [0.15, 0.2) is 0 Å². The molecule has 2 aliphatic heterocycles. The van der Waals surface area contributed by atoms with Crippen molar-refractivity contribution in [1.29, 1.82) is 0 Å². The first kappa shape index (κ1) is 18.1. The summed E-state index contributed by atoms with van der Waals surface area (Å²) < 4.78 is 0. The molecular weight excluding hydrogens is 348 g/mol. The highest BCUT2D eigenvalue weighted by atomic mass is 16.2. The van der Waals surface area contributed by atoms with Crippen molar-refractivity contribution in [3.8, 4) is 0 Å². The van der Waals surface area contributed by atoms with Gasteiger partial charge in [-0.15, -0.1) is 0 Å². The summed E-state index contributed by atoms with van der Waals surface area (Å²) in [6.45, 7) is 6.37. The summed E-state index contributed by atoms with van der Waals surface area (Å²) in [5.74, 6) is 0.0777. The highest BCUT2D eigenvalue weighted by Gasteiger charge is 2.37. The summed E-state index contributed by atoms with van der Waals surface area (Å²) in [6, 6.07) is 11.3. The van der Waals surface area contributed by atoms with Crippen LogP contribution >= 0.6 is 0 Å². The number of carbonyl (C=O) groups excluding carboxylic acids is 1. The molecule has 1 aromatic heterocycles. The number of nitrogens with zero attached hydrogens (tertiary/aromatic N) is 4. The van der Waals surface area contributed by atoms with Crippen LogP contribution in [0.5, 0.6) is 0 Å². The Balaban J connectivity index is 1.16. The zero-order valence-corrected chi connectivity index (χ0v) is 16.6. The molecule has 148 valence electrons. The van der Waals surface area contributed by atoms with E-state index < -0.39 is 0 Å². The summed E-state index contributed by atoms with van der Waals surface area (Å²) in [6.07, 6.45) is 8.78. The number of likely N-dealkylation sites (tertiary alicyclic amines) is 1. The van der Waals surface area contributed by atoms with Gasteiger partial charge in [0.1, 0.15) is 5.69 Å². The molecule has 2 aromatic rings. The Morgan fingerprint density at radius 2 is 1.54 bits per heavy atom. The molecule has 2 saturated heterocycles. The molecule has 5 heteroatoms. The molecule has 0 N–H and O–H groups in total. The molecule has 5 rings (SSSR count). The van der Waals surface area contributed by atoms with E-state index in [1.807, 2.05) is 35.2 Å². The van der Waals surface area contributed by atoms with Gasteiger partial charge in [0.2, 0.25) is 0 Å². The van der Waals surface area contributed by atoms with Gasteiger partial charge in [-0.2, -0.15) is 0 Å². The summed E-state index contributed by atoms with van der Waals surface area (Å²) in [5, 5.41) is 2.04. The fourth-order valence-corrected chi connectivity index (χ4v) is 5.21. The molecule has 0 bridgehead atoms. The Kier molecular flexibility index (Phi) is 5.03. The molecule has 1 amide bonds. The van der Waals surface area contributed by atoms with E-state index >= 15 is 0 Å². The Hall–Kier alpha value is -1.98. The van der Waals surface area contributed by atoms with Gasteiger partial charge in [-0.1, -0.05) is 43.5 Å². The standard InChI is InChI=1S/C23H30N4O/c28-23(22-21-9-5-4-6-18(21)10-11-24-22)27-16-20(17-27)26-14-12-25(13-15-26)19-7-2-1-3-8-19/h4-6,9-11,19-20H,1-3,7-8,12-17H2. The predicted molar refractivity (Wildman–Crippen MR) is 111 cm³/mol. The lowest BCUT2D eigenvalue weighted by molar-refractivity contribution is -0.00278.